The third-order valence-electron chi connectivity index (χ3n) is 7.60. The predicted octanol–water partition coefficient (Wildman–Crippen LogP) is 6.05. The number of hydrogen-bond acceptors (Lipinski definition) is 5. The highest BCUT2D eigenvalue weighted by Crippen LogP contribution is 2.34. The minimum Gasteiger partial charge on any atom is -0.382 e. The van der Waals surface area contributed by atoms with Crippen LogP contribution >= 0.6 is 0 Å². The van der Waals surface area contributed by atoms with Gasteiger partial charge < -0.3 is 20.3 Å². The molecule has 1 saturated heterocycles. The van der Waals surface area contributed by atoms with Crippen LogP contribution in [0.4, 0.5) is 11.5 Å². The summed E-state index contributed by atoms with van der Waals surface area (Å²) >= 11 is 0. The number of morpholine rings is 1. The van der Waals surface area contributed by atoms with Crippen LogP contribution in [0.1, 0.15) is 21.5 Å². The van der Waals surface area contributed by atoms with Gasteiger partial charge in [-0.25, -0.2) is 4.98 Å². The molecule has 196 valence electrons. The second-order valence-corrected chi connectivity index (χ2v) is 10.2. The Kier molecular flexibility index (Phi) is 6.63. The Morgan fingerprint density at radius 2 is 1.72 bits per heavy atom. The van der Waals surface area contributed by atoms with E-state index < -0.39 is 0 Å². The number of ether oxygens (including phenoxy) is 1. The number of nitrogens with zero attached hydrogens (tertiary/aromatic N) is 3. The first-order valence-corrected chi connectivity index (χ1v) is 13.3. The molecule has 0 saturated carbocycles. The molecule has 0 bridgehead atoms. The average molecular weight is 517 g/mol. The van der Waals surface area contributed by atoms with Crippen LogP contribution < -0.4 is 10.6 Å². The first-order valence-electron chi connectivity index (χ1n) is 13.3. The molecule has 2 N–H and O–H groups in total. The molecule has 6 heteroatoms. The first kappa shape index (κ1) is 24.9. The molecule has 6 nitrogen and oxygen atoms in total. The Bertz CT molecular complexity index is 1690. The van der Waals surface area contributed by atoms with Gasteiger partial charge in [0.25, 0.3) is 5.91 Å². The van der Waals surface area contributed by atoms with Gasteiger partial charge in [-0.2, -0.15) is 0 Å². The second kappa shape index (κ2) is 10.4. The van der Waals surface area contributed by atoms with Gasteiger partial charge in [0, 0.05) is 37.6 Å². The fraction of sp³-hybridized carbons (Fsp3) is 0.212. The van der Waals surface area contributed by atoms with Gasteiger partial charge in [0.2, 0.25) is 0 Å². The van der Waals surface area contributed by atoms with E-state index in [4.69, 9.17) is 10.5 Å². The number of amides is 1. The van der Waals surface area contributed by atoms with Gasteiger partial charge in [-0.05, 0) is 64.2 Å². The zero-order valence-electron chi connectivity index (χ0n) is 22.4. The molecule has 0 aliphatic carbocycles. The third kappa shape index (κ3) is 4.79. The summed E-state index contributed by atoms with van der Waals surface area (Å²) in [5, 5.41) is 3.34. The van der Waals surface area contributed by atoms with Crippen molar-refractivity contribution in [2.75, 3.05) is 44.0 Å². The summed E-state index contributed by atoms with van der Waals surface area (Å²) in [4.78, 5) is 22.6. The van der Waals surface area contributed by atoms with Crippen molar-refractivity contribution in [3.63, 3.8) is 0 Å². The fourth-order valence-corrected chi connectivity index (χ4v) is 5.59. The van der Waals surface area contributed by atoms with Gasteiger partial charge in [0.1, 0.15) is 5.82 Å². The zero-order valence-corrected chi connectivity index (χ0v) is 22.4. The summed E-state index contributed by atoms with van der Waals surface area (Å²) in [6.45, 7) is 5.52. The van der Waals surface area contributed by atoms with E-state index in [9.17, 15) is 4.79 Å². The lowest BCUT2D eigenvalue weighted by Crippen LogP contribution is -2.36. The molecule has 0 spiro atoms. The van der Waals surface area contributed by atoms with E-state index >= 15 is 0 Å². The summed E-state index contributed by atoms with van der Waals surface area (Å²) in [5.41, 5.74) is 12.9. The van der Waals surface area contributed by atoms with E-state index in [0.717, 1.165) is 51.9 Å². The van der Waals surface area contributed by atoms with Crippen molar-refractivity contribution >= 4 is 39.1 Å². The number of anilines is 2. The van der Waals surface area contributed by atoms with Gasteiger partial charge in [-0.3, -0.25) is 4.79 Å². The smallest absolute Gasteiger partial charge is 0.254 e. The molecule has 1 aliphatic rings. The number of hydrogen-bond donors (Lipinski definition) is 1. The summed E-state index contributed by atoms with van der Waals surface area (Å²) in [6, 6.07) is 28.7. The predicted molar refractivity (Wildman–Crippen MR) is 159 cm³/mol. The number of nitrogens with two attached hydrogens (primary N) is 1. The Morgan fingerprint density at radius 1 is 0.949 bits per heavy atom. The lowest BCUT2D eigenvalue weighted by Gasteiger charge is -2.29. The van der Waals surface area contributed by atoms with E-state index in [-0.39, 0.29) is 5.91 Å². The van der Waals surface area contributed by atoms with Crippen molar-refractivity contribution in [1.29, 1.82) is 0 Å². The first-order chi connectivity index (χ1) is 19.0. The largest absolute Gasteiger partial charge is 0.382 e. The molecule has 1 aliphatic heterocycles. The van der Waals surface area contributed by atoms with Crippen LogP contribution in [-0.2, 0) is 11.3 Å². The van der Waals surface area contributed by atoms with Gasteiger partial charge in [0.05, 0.1) is 24.4 Å². The summed E-state index contributed by atoms with van der Waals surface area (Å²) in [6.07, 6.45) is 0. The quantitative estimate of drug-likeness (QED) is 0.308. The van der Waals surface area contributed by atoms with Crippen LogP contribution in [0, 0.1) is 6.92 Å². The molecule has 1 fully saturated rings. The molecule has 0 radical (unpaired) electrons. The summed E-state index contributed by atoms with van der Waals surface area (Å²) in [5.74, 6) is 0.519. The molecule has 6 rings (SSSR count). The SMILES string of the molecule is Cc1cccc(C(=O)N(C)Cc2cccc3ccccc23)c1-c1ccc2nc(N)c(N3CCOCC3)cc2c1. The van der Waals surface area contributed by atoms with Gasteiger partial charge in [0.15, 0.2) is 0 Å². The van der Waals surface area contributed by atoms with Crippen LogP contribution in [0.15, 0.2) is 84.9 Å². The number of aromatic nitrogens is 1. The molecular formula is C33H32N4O2. The number of pyridine rings is 1. The van der Waals surface area contributed by atoms with Crippen LogP contribution in [-0.4, -0.2) is 49.1 Å². The minimum atomic E-state index is -0.00818. The Balaban J connectivity index is 1.36. The molecule has 5 aromatic rings. The molecule has 1 amide bonds. The maximum atomic E-state index is 13.9. The number of nitrogen functional groups attached to an aromatic ring is 1. The van der Waals surface area contributed by atoms with E-state index in [1.165, 1.54) is 10.8 Å². The van der Waals surface area contributed by atoms with Crippen molar-refractivity contribution in [3.05, 3.63) is 102 Å². The fourth-order valence-electron chi connectivity index (χ4n) is 5.59. The van der Waals surface area contributed by atoms with Crippen molar-refractivity contribution in [3.8, 4) is 11.1 Å². The maximum absolute atomic E-state index is 13.9. The number of rotatable bonds is 5. The highest BCUT2D eigenvalue weighted by atomic mass is 16.5. The van der Waals surface area contributed by atoms with Crippen LogP contribution in [0.5, 0.6) is 0 Å². The number of aryl methyl sites for hydroxylation is 1. The number of benzene rings is 4. The van der Waals surface area contributed by atoms with Gasteiger partial charge >= 0.3 is 0 Å². The molecule has 0 atom stereocenters. The molecule has 4 aromatic carbocycles. The topological polar surface area (TPSA) is 71.7 Å². The van der Waals surface area contributed by atoms with E-state index in [1.54, 1.807) is 4.90 Å². The molecule has 39 heavy (non-hydrogen) atoms. The average Bonchev–Trinajstić information content (AvgIpc) is 2.97. The lowest BCUT2D eigenvalue weighted by molar-refractivity contribution is 0.0786. The van der Waals surface area contributed by atoms with Crippen LogP contribution in [0.3, 0.4) is 0 Å². The second-order valence-electron chi connectivity index (χ2n) is 10.2. The monoisotopic (exact) mass is 516 g/mol. The molecule has 0 unspecified atom stereocenters. The molecule has 2 heterocycles. The minimum absolute atomic E-state index is 0.00818. The van der Waals surface area contributed by atoms with Crippen molar-refractivity contribution < 1.29 is 9.53 Å². The van der Waals surface area contributed by atoms with Crippen LogP contribution in [0.2, 0.25) is 0 Å². The lowest BCUT2D eigenvalue weighted by atomic mass is 9.93. The molecular weight excluding hydrogens is 484 g/mol. The Labute approximate surface area is 228 Å². The zero-order chi connectivity index (χ0) is 26.9. The third-order valence-corrected chi connectivity index (χ3v) is 7.60. The summed E-state index contributed by atoms with van der Waals surface area (Å²) < 4.78 is 5.51. The van der Waals surface area contributed by atoms with Crippen molar-refractivity contribution in [1.82, 2.24) is 9.88 Å². The number of fused-ring (bicyclic) bond motifs is 2. The normalized spacial score (nSPS) is 13.6. The van der Waals surface area contributed by atoms with Crippen LogP contribution in [0.25, 0.3) is 32.8 Å². The van der Waals surface area contributed by atoms with Crippen molar-refractivity contribution in [2.45, 2.75) is 13.5 Å². The van der Waals surface area contributed by atoms with Gasteiger partial charge in [-0.1, -0.05) is 60.7 Å². The highest BCUT2D eigenvalue weighted by Gasteiger charge is 2.20. The Hall–Kier alpha value is -4.42. The van der Waals surface area contributed by atoms with E-state index in [0.29, 0.717) is 31.1 Å². The Morgan fingerprint density at radius 3 is 2.56 bits per heavy atom. The standard InChI is InChI=1S/C33H32N4O2/c1-22-7-5-12-28(33(38)36(2)21-25-10-6-9-23-8-3-4-11-27(23)25)31(22)24-13-14-29-26(19-24)20-30(32(34)35-29)37-15-17-39-18-16-37/h3-14,19-20H,15-18,21H2,1-2H3,(H2,34,35). The van der Waals surface area contributed by atoms with E-state index in [2.05, 4.69) is 65.3 Å². The highest BCUT2D eigenvalue weighted by molar-refractivity contribution is 6.03. The van der Waals surface area contributed by atoms with Gasteiger partial charge in [-0.15, -0.1) is 0 Å². The number of carbonyl (C=O) groups is 1. The van der Waals surface area contributed by atoms with Crippen molar-refractivity contribution in [2.24, 2.45) is 0 Å². The summed E-state index contributed by atoms with van der Waals surface area (Å²) in [7, 11) is 1.87. The van der Waals surface area contributed by atoms with E-state index in [1.807, 2.05) is 43.4 Å². The number of carbonyl (C=O) groups excluding carboxylic acids is 1. The molecule has 1 aromatic heterocycles. The maximum Gasteiger partial charge on any atom is 0.254 e.